The smallest absolute Gasteiger partial charge is 0.348 e. The predicted molar refractivity (Wildman–Crippen MR) is 95.0 cm³/mol. The Labute approximate surface area is 146 Å². The van der Waals surface area contributed by atoms with E-state index in [4.69, 9.17) is 4.74 Å². The van der Waals surface area contributed by atoms with E-state index in [1.165, 1.54) is 30.6 Å². The van der Waals surface area contributed by atoms with Gasteiger partial charge in [0.15, 0.2) is 0 Å². The Morgan fingerprint density at radius 1 is 1.12 bits per heavy atom. The predicted octanol–water partition coefficient (Wildman–Crippen LogP) is 3.01. The maximum absolute atomic E-state index is 12.7. The minimum atomic E-state index is -1.74. The highest BCUT2D eigenvalue weighted by atomic mass is 32.1. The maximum Gasteiger partial charge on any atom is 0.348 e. The fraction of sp³-hybridized carbons (Fsp3) is 0.421. The van der Waals surface area contributed by atoms with Crippen LogP contribution in [0, 0.1) is 0 Å². The van der Waals surface area contributed by atoms with Gasteiger partial charge in [0.05, 0.1) is 4.88 Å². The lowest BCUT2D eigenvalue weighted by Crippen LogP contribution is -2.40. The van der Waals surface area contributed by atoms with Crippen molar-refractivity contribution < 1.29 is 14.6 Å². The number of carbonyl (C=O) groups excluding carboxylic acids is 1. The van der Waals surface area contributed by atoms with Crippen molar-refractivity contribution in [2.24, 2.45) is 0 Å². The molecule has 0 radical (unpaired) electrons. The summed E-state index contributed by atoms with van der Waals surface area (Å²) in [5, 5.41) is 13.0. The Kier molecular flexibility index (Phi) is 5.66. The number of hydrogen-bond acceptors (Lipinski definition) is 5. The molecule has 2 heterocycles. The second-order valence-corrected chi connectivity index (χ2v) is 7.04. The summed E-state index contributed by atoms with van der Waals surface area (Å²) in [7, 11) is 0. The lowest BCUT2D eigenvalue weighted by molar-refractivity contribution is -0.162. The second kappa shape index (κ2) is 7.92. The van der Waals surface area contributed by atoms with Gasteiger partial charge in [-0.25, -0.2) is 4.79 Å². The Morgan fingerprint density at radius 3 is 2.54 bits per heavy atom. The van der Waals surface area contributed by atoms with Crippen LogP contribution in [0.1, 0.15) is 29.7 Å². The third kappa shape index (κ3) is 3.69. The molecule has 0 aliphatic carbocycles. The Bertz CT molecular complexity index is 638. The van der Waals surface area contributed by atoms with Crippen LogP contribution < -0.4 is 0 Å². The summed E-state index contributed by atoms with van der Waals surface area (Å²) in [6.45, 7) is 3.15. The molecule has 24 heavy (non-hydrogen) atoms. The van der Waals surface area contributed by atoms with Gasteiger partial charge in [0.1, 0.15) is 6.61 Å². The fourth-order valence-corrected chi connectivity index (χ4v) is 3.91. The molecule has 1 saturated heterocycles. The Balaban J connectivity index is 1.70. The van der Waals surface area contributed by atoms with Gasteiger partial charge in [0.25, 0.3) is 0 Å². The molecule has 0 spiro atoms. The number of esters is 1. The van der Waals surface area contributed by atoms with E-state index in [0.717, 1.165) is 19.6 Å². The van der Waals surface area contributed by atoms with Gasteiger partial charge in [-0.05, 0) is 37.4 Å². The molecule has 1 unspecified atom stereocenters. The van der Waals surface area contributed by atoms with Gasteiger partial charge >= 0.3 is 5.97 Å². The number of ether oxygens (including phenoxy) is 1. The van der Waals surface area contributed by atoms with E-state index in [9.17, 15) is 9.90 Å². The largest absolute Gasteiger partial charge is 0.462 e. The van der Waals surface area contributed by atoms with Crippen molar-refractivity contribution in [3.05, 3.63) is 58.3 Å². The van der Waals surface area contributed by atoms with Crippen LogP contribution in [-0.4, -0.2) is 42.2 Å². The maximum atomic E-state index is 12.7. The highest BCUT2D eigenvalue weighted by molar-refractivity contribution is 7.10. The molecule has 1 aliphatic heterocycles. The minimum absolute atomic E-state index is 0.305. The third-order valence-electron chi connectivity index (χ3n) is 4.45. The lowest BCUT2D eigenvalue weighted by atomic mass is 9.92. The number of benzene rings is 1. The second-order valence-electron chi connectivity index (χ2n) is 6.09. The summed E-state index contributed by atoms with van der Waals surface area (Å²) in [6, 6.07) is 12.6. The number of aliphatic hydroxyl groups is 1. The molecule has 0 amide bonds. The van der Waals surface area contributed by atoms with Gasteiger partial charge in [-0.15, -0.1) is 11.3 Å². The third-order valence-corrected chi connectivity index (χ3v) is 5.43. The van der Waals surface area contributed by atoms with Crippen LogP contribution in [0.15, 0.2) is 47.8 Å². The van der Waals surface area contributed by atoms with Gasteiger partial charge < -0.3 is 9.84 Å². The number of rotatable bonds is 6. The van der Waals surface area contributed by atoms with Crippen LogP contribution in [0.25, 0.3) is 0 Å². The van der Waals surface area contributed by atoms with Crippen molar-refractivity contribution in [1.82, 2.24) is 4.90 Å². The first-order valence-corrected chi connectivity index (χ1v) is 9.30. The first kappa shape index (κ1) is 17.1. The number of thiophene rings is 1. The van der Waals surface area contributed by atoms with Crippen molar-refractivity contribution in [3.8, 4) is 0 Å². The number of carbonyl (C=O) groups is 1. The zero-order chi connectivity index (χ0) is 16.8. The highest BCUT2D eigenvalue weighted by Gasteiger charge is 2.42. The molecule has 0 saturated carbocycles. The van der Waals surface area contributed by atoms with Crippen LogP contribution >= 0.6 is 11.3 Å². The van der Waals surface area contributed by atoms with E-state index in [1.807, 2.05) is 29.6 Å². The molecule has 1 aliphatic rings. The van der Waals surface area contributed by atoms with Crippen molar-refractivity contribution >= 4 is 17.3 Å². The number of hydrogen-bond donors (Lipinski definition) is 1. The first-order valence-electron chi connectivity index (χ1n) is 8.43. The summed E-state index contributed by atoms with van der Waals surface area (Å²) in [4.78, 5) is 15.6. The SMILES string of the molecule is O=C(OCCN1CCCCC1)C(O)(c1ccccc1)c1cccs1. The molecule has 4 nitrogen and oxygen atoms in total. The van der Waals surface area contributed by atoms with Crippen LogP contribution in [0.4, 0.5) is 0 Å². The zero-order valence-corrected chi connectivity index (χ0v) is 14.5. The zero-order valence-electron chi connectivity index (χ0n) is 13.7. The quantitative estimate of drug-likeness (QED) is 0.818. The van der Waals surface area contributed by atoms with Crippen molar-refractivity contribution in [2.45, 2.75) is 24.9 Å². The van der Waals surface area contributed by atoms with E-state index < -0.39 is 11.6 Å². The van der Waals surface area contributed by atoms with Gasteiger partial charge in [-0.2, -0.15) is 0 Å². The van der Waals surface area contributed by atoms with Gasteiger partial charge in [0, 0.05) is 12.1 Å². The molecule has 1 aromatic carbocycles. The first-order chi connectivity index (χ1) is 11.7. The summed E-state index contributed by atoms with van der Waals surface area (Å²) >= 11 is 1.35. The topological polar surface area (TPSA) is 49.8 Å². The summed E-state index contributed by atoms with van der Waals surface area (Å²) in [5.41, 5.74) is -1.20. The molecular weight excluding hydrogens is 322 g/mol. The van der Waals surface area contributed by atoms with Crippen LogP contribution in [-0.2, 0) is 15.1 Å². The van der Waals surface area contributed by atoms with Crippen LogP contribution in [0.5, 0.6) is 0 Å². The van der Waals surface area contributed by atoms with Gasteiger partial charge in [0.2, 0.25) is 5.60 Å². The molecule has 1 atom stereocenters. The Morgan fingerprint density at radius 2 is 1.88 bits per heavy atom. The highest BCUT2D eigenvalue weighted by Crippen LogP contribution is 2.34. The lowest BCUT2D eigenvalue weighted by Gasteiger charge is -2.28. The van der Waals surface area contributed by atoms with Crippen molar-refractivity contribution in [2.75, 3.05) is 26.2 Å². The normalized spacial score (nSPS) is 18.0. The molecule has 128 valence electrons. The number of piperidine rings is 1. The van der Waals surface area contributed by atoms with Gasteiger partial charge in [-0.1, -0.05) is 42.8 Å². The molecule has 5 heteroatoms. The minimum Gasteiger partial charge on any atom is -0.462 e. The average Bonchev–Trinajstić information content (AvgIpc) is 3.18. The number of nitrogens with zero attached hydrogens (tertiary/aromatic N) is 1. The van der Waals surface area contributed by atoms with E-state index >= 15 is 0 Å². The fourth-order valence-electron chi connectivity index (χ4n) is 3.08. The molecule has 1 aromatic heterocycles. The summed E-state index contributed by atoms with van der Waals surface area (Å²) in [6.07, 6.45) is 3.69. The molecule has 1 fully saturated rings. The standard InChI is InChI=1S/C19H23NO3S/c21-18(23-14-13-20-11-5-2-6-12-20)19(22,17-10-7-15-24-17)16-8-3-1-4-9-16/h1,3-4,7-10,15,22H,2,5-6,11-14H2. The van der Waals surface area contributed by atoms with E-state index in [2.05, 4.69) is 4.90 Å². The Hall–Kier alpha value is -1.69. The van der Waals surface area contributed by atoms with Gasteiger partial charge in [-0.3, -0.25) is 4.90 Å². The molecule has 2 aromatic rings. The van der Waals surface area contributed by atoms with Crippen LogP contribution in [0.2, 0.25) is 0 Å². The van der Waals surface area contributed by atoms with Crippen LogP contribution in [0.3, 0.4) is 0 Å². The van der Waals surface area contributed by atoms with E-state index in [0.29, 0.717) is 17.0 Å². The van der Waals surface area contributed by atoms with E-state index in [-0.39, 0.29) is 0 Å². The average molecular weight is 345 g/mol. The van der Waals surface area contributed by atoms with Crippen molar-refractivity contribution in [3.63, 3.8) is 0 Å². The molecule has 0 bridgehead atoms. The number of likely N-dealkylation sites (tertiary alicyclic amines) is 1. The monoisotopic (exact) mass is 345 g/mol. The molecular formula is C19H23NO3S. The molecule has 1 N–H and O–H groups in total. The molecule has 3 rings (SSSR count). The van der Waals surface area contributed by atoms with E-state index in [1.54, 1.807) is 18.2 Å². The van der Waals surface area contributed by atoms with Crippen molar-refractivity contribution in [1.29, 1.82) is 0 Å². The summed E-state index contributed by atoms with van der Waals surface area (Å²) in [5.74, 6) is -0.604. The summed E-state index contributed by atoms with van der Waals surface area (Å²) < 4.78 is 5.46.